The molecule has 1 aliphatic heterocycles. The summed E-state index contributed by atoms with van der Waals surface area (Å²) in [5.41, 5.74) is 0.805. The van der Waals surface area contributed by atoms with Crippen molar-refractivity contribution < 1.29 is 4.74 Å². The first kappa shape index (κ1) is 15.8. The zero-order valence-electron chi connectivity index (χ0n) is 14.1. The van der Waals surface area contributed by atoms with Crippen molar-refractivity contribution in [2.45, 2.75) is 76.3 Å². The van der Waals surface area contributed by atoms with Crippen molar-refractivity contribution in [1.29, 1.82) is 0 Å². The van der Waals surface area contributed by atoms with Gasteiger partial charge in [-0.1, -0.05) is 26.2 Å². The van der Waals surface area contributed by atoms with E-state index in [0.29, 0.717) is 11.1 Å². The first-order chi connectivity index (χ1) is 10.2. The first-order valence-corrected chi connectivity index (χ1v) is 9.26. The van der Waals surface area contributed by atoms with Crippen LogP contribution in [0.5, 0.6) is 0 Å². The van der Waals surface area contributed by atoms with Crippen LogP contribution < -0.4 is 5.32 Å². The van der Waals surface area contributed by atoms with Crippen LogP contribution in [-0.4, -0.2) is 48.8 Å². The zero-order valence-corrected chi connectivity index (χ0v) is 14.1. The number of nitrogens with zero attached hydrogens (tertiary/aromatic N) is 1. The minimum Gasteiger partial charge on any atom is -0.380 e. The molecule has 3 nitrogen and oxygen atoms in total. The van der Waals surface area contributed by atoms with E-state index in [1.165, 1.54) is 64.5 Å². The predicted octanol–water partition coefficient (Wildman–Crippen LogP) is 3.19. The molecule has 1 spiro atoms. The lowest BCUT2D eigenvalue weighted by atomic mass is 9.84. The van der Waals surface area contributed by atoms with Crippen molar-refractivity contribution in [3.63, 3.8) is 0 Å². The Bertz CT molecular complexity index is 336. The smallest absolute Gasteiger partial charge is 0.0593 e. The van der Waals surface area contributed by atoms with Gasteiger partial charge in [0.2, 0.25) is 0 Å². The molecule has 0 aromatic carbocycles. The Balaban J connectivity index is 1.57. The summed E-state index contributed by atoms with van der Waals surface area (Å²) in [6.45, 7) is 10.1. The fraction of sp³-hybridized carbons (Fsp3) is 1.00. The van der Waals surface area contributed by atoms with E-state index in [1.807, 2.05) is 0 Å². The second-order valence-electron chi connectivity index (χ2n) is 7.86. The van der Waals surface area contributed by atoms with Gasteiger partial charge in [-0.3, -0.25) is 4.90 Å². The van der Waals surface area contributed by atoms with Gasteiger partial charge < -0.3 is 10.1 Å². The molecule has 1 atom stereocenters. The molecule has 0 aromatic heterocycles. The molecule has 3 fully saturated rings. The molecule has 3 heteroatoms. The molecule has 1 saturated heterocycles. The van der Waals surface area contributed by atoms with Crippen LogP contribution in [0.3, 0.4) is 0 Å². The first-order valence-electron chi connectivity index (χ1n) is 9.26. The second kappa shape index (κ2) is 6.55. The summed E-state index contributed by atoms with van der Waals surface area (Å²) in [6.07, 6.45) is 10.9. The van der Waals surface area contributed by atoms with Crippen molar-refractivity contribution in [2.75, 3.05) is 32.8 Å². The highest BCUT2D eigenvalue weighted by molar-refractivity contribution is 5.10. The van der Waals surface area contributed by atoms with Crippen molar-refractivity contribution in [3.05, 3.63) is 0 Å². The number of rotatable bonds is 7. The van der Waals surface area contributed by atoms with E-state index in [9.17, 15) is 0 Å². The van der Waals surface area contributed by atoms with E-state index in [4.69, 9.17) is 4.74 Å². The average Bonchev–Trinajstić information content (AvgIpc) is 3.24. The summed E-state index contributed by atoms with van der Waals surface area (Å²) in [5, 5.41) is 3.95. The lowest BCUT2D eigenvalue weighted by Gasteiger charge is -2.53. The zero-order chi connectivity index (χ0) is 14.8. The Hall–Kier alpha value is -0.120. The highest BCUT2D eigenvalue weighted by Crippen LogP contribution is 2.45. The molecular weight excluding hydrogens is 260 g/mol. The molecule has 1 unspecified atom stereocenters. The molecule has 2 aliphatic carbocycles. The molecule has 21 heavy (non-hydrogen) atoms. The Labute approximate surface area is 130 Å². The number of unbranched alkanes of at least 4 members (excludes halogenated alkanes) is 1. The fourth-order valence-electron chi connectivity index (χ4n) is 4.46. The molecule has 0 aromatic rings. The van der Waals surface area contributed by atoms with Crippen LogP contribution in [0.2, 0.25) is 0 Å². The minimum atomic E-state index is 0.358. The van der Waals surface area contributed by atoms with Crippen molar-refractivity contribution in [2.24, 2.45) is 5.92 Å². The number of hydrogen-bond donors (Lipinski definition) is 1. The van der Waals surface area contributed by atoms with Crippen LogP contribution >= 0.6 is 0 Å². The molecule has 3 aliphatic rings. The molecular formula is C18H34N2O. The van der Waals surface area contributed by atoms with Gasteiger partial charge in [0.25, 0.3) is 0 Å². The lowest BCUT2D eigenvalue weighted by Crippen LogP contribution is -2.69. The molecule has 2 saturated carbocycles. The predicted molar refractivity (Wildman–Crippen MR) is 87.6 cm³/mol. The third-order valence-electron chi connectivity index (χ3n) is 6.17. The summed E-state index contributed by atoms with van der Waals surface area (Å²) in [5.74, 6) is 0.916. The molecule has 0 bridgehead atoms. The van der Waals surface area contributed by atoms with Gasteiger partial charge >= 0.3 is 0 Å². The van der Waals surface area contributed by atoms with Gasteiger partial charge in [0, 0.05) is 37.3 Å². The van der Waals surface area contributed by atoms with Gasteiger partial charge in [-0.15, -0.1) is 0 Å². The second-order valence-corrected chi connectivity index (χ2v) is 7.86. The Morgan fingerprint density at radius 1 is 1.19 bits per heavy atom. The van der Waals surface area contributed by atoms with Crippen LogP contribution in [0, 0.1) is 5.92 Å². The summed E-state index contributed by atoms with van der Waals surface area (Å²) in [4.78, 5) is 2.81. The summed E-state index contributed by atoms with van der Waals surface area (Å²) >= 11 is 0. The molecule has 3 rings (SSSR count). The number of hydrogen-bond acceptors (Lipinski definition) is 3. The number of ether oxygens (including phenoxy) is 1. The van der Waals surface area contributed by atoms with Crippen molar-refractivity contribution in [1.82, 2.24) is 10.2 Å². The monoisotopic (exact) mass is 294 g/mol. The van der Waals surface area contributed by atoms with Gasteiger partial charge in [0.1, 0.15) is 0 Å². The van der Waals surface area contributed by atoms with E-state index in [0.717, 1.165) is 25.7 Å². The quantitative estimate of drug-likeness (QED) is 0.730. The standard InChI is InChI=1S/C18H34N2O/c1-3-4-12-21-13-11-20-15-17(2,16-7-8-16)19-14-18(20)9-5-6-10-18/h16,19H,3-15H2,1-2H3. The highest BCUT2D eigenvalue weighted by atomic mass is 16.5. The number of nitrogens with one attached hydrogen (secondary N) is 1. The van der Waals surface area contributed by atoms with Crippen LogP contribution in [0.4, 0.5) is 0 Å². The fourth-order valence-corrected chi connectivity index (χ4v) is 4.46. The van der Waals surface area contributed by atoms with E-state index in [1.54, 1.807) is 0 Å². The van der Waals surface area contributed by atoms with E-state index < -0.39 is 0 Å². The Morgan fingerprint density at radius 2 is 1.95 bits per heavy atom. The largest absolute Gasteiger partial charge is 0.380 e. The average molecular weight is 294 g/mol. The van der Waals surface area contributed by atoms with Crippen LogP contribution in [0.25, 0.3) is 0 Å². The van der Waals surface area contributed by atoms with Gasteiger partial charge in [-0.25, -0.2) is 0 Å². The molecule has 1 heterocycles. The topological polar surface area (TPSA) is 24.5 Å². The molecule has 1 N–H and O–H groups in total. The van der Waals surface area contributed by atoms with E-state index >= 15 is 0 Å². The third kappa shape index (κ3) is 3.46. The maximum absolute atomic E-state index is 5.86. The Morgan fingerprint density at radius 3 is 2.62 bits per heavy atom. The van der Waals surface area contributed by atoms with Crippen LogP contribution in [0.15, 0.2) is 0 Å². The number of piperazine rings is 1. The molecule has 122 valence electrons. The summed E-state index contributed by atoms with van der Waals surface area (Å²) in [6, 6.07) is 0. The summed E-state index contributed by atoms with van der Waals surface area (Å²) < 4.78 is 5.86. The van der Waals surface area contributed by atoms with Gasteiger partial charge in [-0.05, 0) is 44.9 Å². The summed E-state index contributed by atoms with van der Waals surface area (Å²) in [7, 11) is 0. The lowest BCUT2D eigenvalue weighted by molar-refractivity contribution is -0.0148. The maximum atomic E-state index is 5.86. The van der Waals surface area contributed by atoms with Crippen molar-refractivity contribution >= 4 is 0 Å². The van der Waals surface area contributed by atoms with Crippen LogP contribution in [-0.2, 0) is 4.74 Å². The minimum absolute atomic E-state index is 0.358. The highest BCUT2D eigenvalue weighted by Gasteiger charge is 2.51. The molecule has 0 amide bonds. The normalized spacial score (nSPS) is 32.9. The Kier molecular flexibility index (Phi) is 4.92. The van der Waals surface area contributed by atoms with Crippen LogP contribution in [0.1, 0.15) is 65.2 Å². The SMILES string of the molecule is CCCCOCCN1CC(C)(C2CC2)NCC12CCCC2. The van der Waals surface area contributed by atoms with Gasteiger partial charge in [0.15, 0.2) is 0 Å². The van der Waals surface area contributed by atoms with E-state index in [2.05, 4.69) is 24.1 Å². The molecule has 0 radical (unpaired) electrons. The van der Waals surface area contributed by atoms with E-state index in [-0.39, 0.29) is 0 Å². The van der Waals surface area contributed by atoms with Gasteiger partial charge in [-0.2, -0.15) is 0 Å². The van der Waals surface area contributed by atoms with Crippen molar-refractivity contribution in [3.8, 4) is 0 Å². The third-order valence-corrected chi connectivity index (χ3v) is 6.17. The van der Waals surface area contributed by atoms with Gasteiger partial charge in [0.05, 0.1) is 6.61 Å². The maximum Gasteiger partial charge on any atom is 0.0593 e.